The average molecular weight is 71.1 g/mol. The zero-order valence-electron chi connectivity index (χ0n) is 2.65. The molecule has 0 bridgehead atoms. The number of nitrogens with two attached hydrogens (primary N) is 1. The molecule has 0 atom stereocenters. The van der Waals surface area contributed by atoms with Gasteiger partial charge in [0.25, 0.3) is 0 Å². The largest absolute Gasteiger partial charge is 0.370 e. The minimum Gasteiger partial charge on any atom is -0.370 e. The zero-order valence-corrected chi connectivity index (χ0v) is 2.65. The summed E-state index contributed by atoms with van der Waals surface area (Å²) in [5, 5.41) is 8.17. The van der Waals surface area contributed by atoms with Gasteiger partial charge in [0.1, 0.15) is 0 Å². The number of rotatable bonds is 0. The molecule has 0 heterocycles. The van der Waals surface area contributed by atoms with Crippen LogP contribution in [0, 0.1) is 12.5 Å². The van der Waals surface area contributed by atoms with E-state index in [-0.39, 0.29) is 5.96 Å². The average Bonchev–Trinajstić information content (AvgIpc) is 1.38. The Balaban J connectivity index is 2.85. The lowest BCUT2D eigenvalue weighted by Gasteiger charge is -1.84. The van der Waals surface area contributed by atoms with E-state index in [4.69, 9.17) is 5.41 Å². The Bertz CT molecular complexity index is 40.2. The van der Waals surface area contributed by atoms with Crippen molar-refractivity contribution in [1.82, 2.24) is 5.32 Å². The smallest absolute Gasteiger partial charge is 0.186 e. The van der Waals surface area contributed by atoms with Gasteiger partial charge in [-0.15, -0.1) is 0 Å². The summed E-state index contributed by atoms with van der Waals surface area (Å²) in [5.41, 5.74) is 4.64. The summed E-state index contributed by atoms with van der Waals surface area (Å²) in [4.78, 5) is 0. The summed E-state index contributed by atoms with van der Waals surface area (Å²) in [5.74, 6) is -0.218. The molecule has 4 N–H and O–H groups in total. The molecule has 5 heavy (non-hydrogen) atoms. The summed E-state index contributed by atoms with van der Waals surface area (Å²) in [7, 11) is 4.57. The minimum absolute atomic E-state index is 0.218. The van der Waals surface area contributed by atoms with Crippen LogP contribution in [0.3, 0.4) is 0 Å². The Morgan fingerprint density at radius 3 is 2.20 bits per heavy atom. The van der Waals surface area contributed by atoms with Crippen LogP contribution in [0.15, 0.2) is 0 Å². The minimum atomic E-state index is -0.218. The molecule has 0 spiro atoms. The molecule has 28 valence electrons. The predicted octanol–water partition coefficient (Wildman–Crippen LogP) is -0.862. The Morgan fingerprint density at radius 1 is 2.00 bits per heavy atom. The molecule has 0 aromatic carbocycles. The molecule has 2 radical (unpaired) electrons. The van der Waals surface area contributed by atoms with Gasteiger partial charge in [0.05, 0.1) is 7.05 Å². The van der Waals surface area contributed by atoms with Crippen LogP contribution in [-0.4, -0.2) is 5.96 Å². The van der Waals surface area contributed by atoms with Gasteiger partial charge in [-0.2, -0.15) is 0 Å². The van der Waals surface area contributed by atoms with Crippen molar-refractivity contribution in [2.75, 3.05) is 0 Å². The molecular weight excluding hydrogens is 66.0 g/mol. The standard InChI is InChI=1S/C2H5N3/c1-5-2(3)4/h1H,(H4,3,4,5). The molecule has 0 unspecified atom stereocenters. The van der Waals surface area contributed by atoms with Gasteiger partial charge in [-0.25, -0.2) is 0 Å². The van der Waals surface area contributed by atoms with Crippen LogP contribution >= 0.6 is 0 Å². The van der Waals surface area contributed by atoms with E-state index in [2.05, 4.69) is 12.8 Å². The highest BCUT2D eigenvalue weighted by molar-refractivity contribution is 5.74. The van der Waals surface area contributed by atoms with E-state index in [0.717, 1.165) is 0 Å². The van der Waals surface area contributed by atoms with Crippen molar-refractivity contribution in [2.24, 2.45) is 5.73 Å². The molecule has 0 fully saturated rings. The third-order valence-electron chi connectivity index (χ3n) is 0.156. The zero-order chi connectivity index (χ0) is 4.28. The third-order valence-corrected chi connectivity index (χ3v) is 0.156. The molecule has 3 nitrogen and oxygen atoms in total. The monoisotopic (exact) mass is 71.0 g/mol. The molecule has 0 aromatic rings. The predicted molar refractivity (Wildman–Crippen MR) is 19.3 cm³/mol. The fraction of sp³-hybridized carbons (Fsp3) is 0. The lowest BCUT2D eigenvalue weighted by atomic mass is 11.0. The van der Waals surface area contributed by atoms with Crippen LogP contribution in [0.25, 0.3) is 0 Å². The molecule has 0 aliphatic heterocycles. The second-order valence-corrected chi connectivity index (χ2v) is 0.558. The van der Waals surface area contributed by atoms with Crippen molar-refractivity contribution in [1.29, 1.82) is 5.41 Å². The van der Waals surface area contributed by atoms with Crippen LogP contribution in [0.4, 0.5) is 0 Å². The van der Waals surface area contributed by atoms with E-state index in [9.17, 15) is 0 Å². The third kappa shape index (κ3) is 3.27. The summed E-state index contributed by atoms with van der Waals surface area (Å²) < 4.78 is 0. The summed E-state index contributed by atoms with van der Waals surface area (Å²) >= 11 is 0. The lowest BCUT2D eigenvalue weighted by molar-refractivity contribution is 1.19. The highest BCUT2D eigenvalue weighted by Gasteiger charge is 1.66. The molecule has 0 aliphatic rings. The molecule has 0 aliphatic carbocycles. The van der Waals surface area contributed by atoms with E-state index < -0.39 is 0 Å². The van der Waals surface area contributed by atoms with E-state index in [1.54, 1.807) is 0 Å². The van der Waals surface area contributed by atoms with Gasteiger partial charge in [-0.1, -0.05) is 0 Å². The topological polar surface area (TPSA) is 61.9 Å². The number of hydrogen-bond donors (Lipinski definition) is 3. The van der Waals surface area contributed by atoms with E-state index >= 15 is 0 Å². The maximum atomic E-state index is 6.28. The lowest BCUT2D eigenvalue weighted by Crippen LogP contribution is -2.23. The van der Waals surface area contributed by atoms with Gasteiger partial charge in [0.15, 0.2) is 5.96 Å². The second-order valence-electron chi connectivity index (χ2n) is 0.558. The summed E-state index contributed by atoms with van der Waals surface area (Å²) in [6, 6.07) is 0. The first kappa shape index (κ1) is 4.27. The normalized spacial score (nSPS) is 6.60. The van der Waals surface area contributed by atoms with Gasteiger partial charge in [0, 0.05) is 0 Å². The SMILES string of the molecule is [CH]NC(=N)N. The van der Waals surface area contributed by atoms with Crippen molar-refractivity contribution < 1.29 is 0 Å². The maximum Gasteiger partial charge on any atom is 0.186 e. The van der Waals surface area contributed by atoms with Crippen molar-refractivity contribution in [3.8, 4) is 0 Å². The number of guanidine groups is 1. The summed E-state index contributed by atoms with van der Waals surface area (Å²) in [6.45, 7) is 0. The Hall–Kier alpha value is -0.730. The quantitative estimate of drug-likeness (QED) is 0.198. The van der Waals surface area contributed by atoms with Gasteiger partial charge in [0.2, 0.25) is 0 Å². The van der Waals surface area contributed by atoms with Crippen LogP contribution in [0.1, 0.15) is 0 Å². The van der Waals surface area contributed by atoms with Gasteiger partial charge >= 0.3 is 0 Å². The van der Waals surface area contributed by atoms with Crippen LogP contribution in [-0.2, 0) is 0 Å². The Labute approximate surface area is 30.7 Å². The fourth-order valence-corrected chi connectivity index (χ4v) is 0. The van der Waals surface area contributed by atoms with Crippen LogP contribution in [0.5, 0.6) is 0 Å². The first-order valence-electron chi connectivity index (χ1n) is 1.08. The second kappa shape index (κ2) is 1.58. The molecule has 3 heteroatoms. The van der Waals surface area contributed by atoms with E-state index in [0.29, 0.717) is 0 Å². The van der Waals surface area contributed by atoms with Gasteiger partial charge in [-0.3, -0.25) is 5.41 Å². The van der Waals surface area contributed by atoms with E-state index in [1.165, 1.54) is 0 Å². The molecule has 0 aromatic heterocycles. The first-order valence-corrected chi connectivity index (χ1v) is 1.08. The van der Waals surface area contributed by atoms with Crippen molar-refractivity contribution in [3.05, 3.63) is 7.05 Å². The first-order chi connectivity index (χ1) is 2.27. The number of hydrogen-bond acceptors (Lipinski definition) is 1. The van der Waals surface area contributed by atoms with Gasteiger partial charge in [-0.05, 0) is 0 Å². The van der Waals surface area contributed by atoms with Crippen LogP contribution in [0.2, 0.25) is 0 Å². The van der Waals surface area contributed by atoms with Crippen molar-refractivity contribution in [3.63, 3.8) is 0 Å². The van der Waals surface area contributed by atoms with Crippen molar-refractivity contribution in [2.45, 2.75) is 0 Å². The molecule has 0 rings (SSSR count). The maximum absolute atomic E-state index is 6.28. The molecular formula is C2H5N3. The summed E-state index contributed by atoms with van der Waals surface area (Å²) in [6.07, 6.45) is 0. The Morgan fingerprint density at radius 2 is 2.20 bits per heavy atom. The van der Waals surface area contributed by atoms with E-state index in [1.807, 2.05) is 5.32 Å². The molecule has 0 amide bonds. The number of nitrogens with one attached hydrogen (secondary N) is 2. The highest BCUT2D eigenvalue weighted by Crippen LogP contribution is 1.34. The van der Waals surface area contributed by atoms with Gasteiger partial charge < -0.3 is 11.1 Å². The van der Waals surface area contributed by atoms with Crippen LogP contribution < -0.4 is 11.1 Å². The highest BCUT2D eigenvalue weighted by atomic mass is 15.0. The fourth-order valence-electron chi connectivity index (χ4n) is 0. The van der Waals surface area contributed by atoms with Crippen molar-refractivity contribution >= 4 is 5.96 Å². The molecule has 0 saturated carbocycles. The molecule has 0 saturated heterocycles. The Kier molecular flexibility index (Phi) is 1.35.